The molecular weight excluding hydrogens is 250 g/mol. The van der Waals surface area contributed by atoms with Crippen LogP contribution in [-0.4, -0.2) is 54.9 Å². The minimum absolute atomic E-state index is 0.00859. The van der Waals surface area contributed by atoms with Crippen LogP contribution in [0.5, 0.6) is 0 Å². The highest BCUT2D eigenvalue weighted by Gasteiger charge is 2.21. The molecule has 0 bridgehead atoms. The summed E-state index contributed by atoms with van der Waals surface area (Å²) in [7, 11) is 0. The quantitative estimate of drug-likeness (QED) is 0.766. The monoisotopic (exact) mass is 265 g/mol. The zero-order valence-electron chi connectivity index (χ0n) is 10.3. The van der Waals surface area contributed by atoms with Gasteiger partial charge in [0, 0.05) is 24.3 Å². The second-order valence-corrected chi connectivity index (χ2v) is 4.32. The third-order valence-corrected chi connectivity index (χ3v) is 3.10. The SMILES string of the molecule is O=Cc1cc(N2CCOC(CO)C2)ccc1C(=O)O. The van der Waals surface area contributed by atoms with Gasteiger partial charge in [-0.3, -0.25) is 4.79 Å². The summed E-state index contributed by atoms with van der Waals surface area (Å²) in [5, 5.41) is 18.0. The number of carbonyl (C=O) groups excluding carboxylic acids is 1. The summed E-state index contributed by atoms with van der Waals surface area (Å²) in [5.41, 5.74) is 0.900. The molecule has 1 saturated heterocycles. The number of carbonyl (C=O) groups is 2. The zero-order valence-corrected chi connectivity index (χ0v) is 10.3. The van der Waals surface area contributed by atoms with Gasteiger partial charge in [-0.2, -0.15) is 0 Å². The number of carboxylic acids is 1. The van der Waals surface area contributed by atoms with E-state index in [9.17, 15) is 9.59 Å². The predicted octanol–water partition coefficient (Wildman–Crippen LogP) is 0.395. The van der Waals surface area contributed by atoms with Crippen molar-refractivity contribution >= 4 is 17.9 Å². The number of aliphatic hydroxyl groups excluding tert-OH is 1. The van der Waals surface area contributed by atoms with E-state index < -0.39 is 5.97 Å². The van der Waals surface area contributed by atoms with Gasteiger partial charge in [-0.15, -0.1) is 0 Å². The first-order chi connectivity index (χ1) is 9.15. The van der Waals surface area contributed by atoms with Gasteiger partial charge in [0.15, 0.2) is 6.29 Å². The summed E-state index contributed by atoms with van der Waals surface area (Å²) in [6.45, 7) is 1.58. The summed E-state index contributed by atoms with van der Waals surface area (Å²) in [4.78, 5) is 23.8. The van der Waals surface area contributed by atoms with Crippen LogP contribution < -0.4 is 4.90 Å². The van der Waals surface area contributed by atoms with E-state index >= 15 is 0 Å². The number of carboxylic acid groups (broad SMARTS) is 1. The lowest BCUT2D eigenvalue weighted by Crippen LogP contribution is -2.44. The molecule has 1 aromatic carbocycles. The number of aromatic carboxylic acids is 1. The number of aldehydes is 1. The molecule has 1 fully saturated rings. The van der Waals surface area contributed by atoms with Crippen LogP contribution in [0.25, 0.3) is 0 Å². The van der Waals surface area contributed by atoms with Crippen molar-refractivity contribution in [1.29, 1.82) is 0 Å². The van der Waals surface area contributed by atoms with Gasteiger partial charge in [0.2, 0.25) is 0 Å². The van der Waals surface area contributed by atoms with Gasteiger partial charge in [-0.05, 0) is 18.2 Å². The Hall–Kier alpha value is -1.92. The van der Waals surface area contributed by atoms with Gasteiger partial charge in [0.1, 0.15) is 0 Å². The van der Waals surface area contributed by atoms with Crippen molar-refractivity contribution in [3.63, 3.8) is 0 Å². The van der Waals surface area contributed by atoms with Crippen molar-refractivity contribution in [2.45, 2.75) is 6.10 Å². The molecule has 6 heteroatoms. The summed E-state index contributed by atoms with van der Waals surface area (Å²) in [6.07, 6.45) is 0.282. The number of anilines is 1. The fourth-order valence-corrected chi connectivity index (χ4v) is 2.10. The fourth-order valence-electron chi connectivity index (χ4n) is 2.10. The molecule has 0 radical (unpaired) electrons. The molecule has 0 saturated carbocycles. The Balaban J connectivity index is 2.25. The van der Waals surface area contributed by atoms with E-state index in [2.05, 4.69) is 0 Å². The van der Waals surface area contributed by atoms with Crippen LogP contribution in [0.2, 0.25) is 0 Å². The van der Waals surface area contributed by atoms with Crippen LogP contribution in [0.3, 0.4) is 0 Å². The van der Waals surface area contributed by atoms with Crippen molar-refractivity contribution in [3.05, 3.63) is 29.3 Å². The normalized spacial score (nSPS) is 19.2. The molecular formula is C13H15NO5. The number of rotatable bonds is 4. The third kappa shape index (κ3) is 2.91. The van der Waals surface area contributed by atoms with Crippen molar-refractivity contribution in [2.75, 3.05) is 31.2 Å². The van der Waals surface area contributed by atoms with E-state index in [1.807, 2.05) is 4.90 Å². The van der Waals surface area contributed by atoms with Crippen LogP contribution in [0.1, 0.15) is 20.7 Å². The molecule has 2 rings (SSSR count). The predicted molar refractivity (Wildman–Crippen MR) is 67.8 cm³/mol. The van der Waals surface area contributed by atoms with E-state index in [-0.39, 0.29) is 23.8 Å². The lowest BCUT2D eigenvalue weighted by molar-refractivity contribution is 0.00356. The maximum absolute atomic E-state index is 10.9. The number of morpholine rings is 1. The molecule has 1 aliphatic rings. The Morgan fingerprint density at radius 3 is 2.95 bits per heavy atom. The standard InChI is InChI=1S/C13H15NO5/c15-7-9-5-10(1-2-12(9)13(17)18)14-3-4-19-11(6-14)8-16/h1-2,5,7,11,16H,3-4,6,8H2,(H,17,18). The van der Waals surface area contributed by atoms with Crippen molar-refractivity contribution in [1.82, 2.24) is 0 Å². The molecule has 1 unspecified atom stereocenters. The van der Waals surface area contributed by atoms with Crippen LogP contribution in [0, 0.1) is 0 Å². The summed E-state index contributed by atoms with van der Waals surface area (Å²) < 4.78 is 5.34. The van der Waals surface area contributed by atoms with E-state index in [4.69, 9.17) is 14.9 Å². The Bertz CT molecular complexity index is 488. The zero-order chi connectivity index (χ0) is 13.8. The lowest BCUT2D eigenvalue weighted by Gasteiger charge is -2.33. The Morgan fingerprint density at radius 1 is 1.53 bits per heavy atom. The molecule has 1 heterocycles. The van der Waals surface area contributed by atoms with E-state index in [1.54, 1.807) is 12.1 Å². The van der Waals surface area contributed by atoms with Gasteiger partial charge in [-0.1, -0.05) is 0 Å². The molecule has 0 aliphatic carbocycles. The molecule has 1 atom stereocenters. The maximum Gasteiger partial charge on any atom is 0.336 e. The highest BCUT2D eigenvalue weighted by atomic mass is 16.5. The molecule has 6 nitrogen and oxygen atoms in total. The van der Waals surface area contributed by atoms with E-state index in [0.29, 0.717) is 26.0 Å². The summed E-state index contributed by atoms with van der Waals surface area (Å²) in [5.74, 6) is -1.12. The van der Waals surface area contributed by atoms with Gasteiger partial charge >= 0.3 is 5.97 Å². The smallest absolute Gasteiger partial charge is 0.336 e. The van der Waals surface area contributed by atoms with Crippen molar-refractivity contribution < 1.29 is 24.5 Å². The van der Waals surface area contributed by atoms with Crippen molar-refractivity contribution in [3.8, 4) is 0 Å². The van der Waals surface area contributed by atoms with Gasteiger partial charge in [0.25, 0.3) is 0 Å². The second kappa shape index (κ2) is 5.81. The van der Waals surface area contributed by atoms with Crippen LogP contribution in [0.15, 0.2) is 18.2 Å². The maximum atomic E-state index is 10.9. The Labute approximate surface area is 110 Å². The first-order valence-electron chi connectivity index (χ1n) is 5.95. The minimum Gasteiger partial charge on any atom is -0.478 e. The molecule has 1 aliphatic heterocycles. The average molecular weight is 265 g/mol. The van der Waals surface area contributed by atoms with Crippen LogP contribution in [-0.2, 0) is 4.74 Å². The van der Waals surface area contributed by atoms with Gasteiger partial charge in [0.05, 0.1) is 24.9 Å². The van der Waals surface area contributed by atoms with Crippen molar-refractivity contribution in [2.24, 2.45) is 0 Å². The van der Waals surface area contributed by atoms with Gasteiger partial charge < -0.3 is 19.8 Å². The van der Waals surface area contributed by atoms with E-state index in [0.717, 1.165) is 5.69 Å². The largest absolute Gasteiger partial charge is 0.478 e. The average Bonchev–Trinajstić information content (AvgIpc) is 2.46. The molecule has 1 aromatic rings. The van der Waals surface area contributed by atoms with E-state index in [1.165, 1.54) is 6.07 Å². The minimum atomic E-state index is -1.12. The Kier molecular flexibility index (Phi) is 4.13. The molecule has 0 spiro atoms. The molecule has 19 heavy (non-hydrogen) atoms. The first-order valence-corrected chi connectivity index (χ1v) is 5.95. The molecule has 0 aromatic heterocycles. The third-order valence-electron chi connectivity index (χ3n) is 3.10. The molecule has 2 N–H and O–H groups in total. The number of nitrogens with zero attached hydrogens (tertiary/aromatic N) is 1. The molecule has 0 amide bonds. The highest BCUT2D eigenvalue weighted by Crippen LogP contribution is 2.21. The lowest BCUT2D eigenvalue weighted by atomic mass is 10.1. The fraction of sp³-hybridized carbons (Fsp3) is 0.385. The number of ether oxygens (including phenoxy) is 1. The van der Waals surface area contributed by atoms with Gasteiger partial charge in [-0.25, -0.2) is 4.79 Å². The topological polar surface area (TPSA) is 87.1 Å². The van der Waals surface area contributed by atoms with Crippen LogP contribution in [0.4, 0.5) is 5.69 Å². The summed E-state index contributed by atoms with van der Waals surface area (Å²) in [6, 6.07) is 4.64. The number of aliphatic hydroxyl groups is 1. The Morgan fingerprint density at radius 2 is 2.32 bits per heavy atom. The highest BCUT2D eigenvalue weighted by molar-refractivity contribution is 5.98. The molecule has 102 valence electrons. The first kappa shape index (κ1) is 13.5. The number of benzene rings is 1. The number of hydrogen-bond donors (Lipinski definition) is 2. The number of hydrogen-bond acceptors (Lipinski definition) is 5. The summed E-state index contributed by atoms with van der Waals surface area (Å²) >= 11 is 0. The van der Waals surface area contributed by atoms with Crippen LogP contribution >= 0.6 is 0 Å². The second-order valence-electron chi connectivity index (χ2n) is 4.32.